The molecule has 41 heavy (non-hydrogen) atoms. The summed E-state index contributed by atoms with van der Waals surface area (Å²) in [5, 5.41) is 22.6. The Kier molecular flexibility index (Phi) is 7.34. The van der Waals surface area contributed by atoms with Crippen LogP contribution >= 0.6 is 11.8 Å². The van der Waals surface area contributed by atoms with E-state index in [1.54, 1.807) is 17.8 Å². The van der Waals surface area contributed by atoms with E-state index in [-0.39, 0.29) is 49.5 Å². The fourth-order valence-corrected chi connectivity index (χ4v) is 7.23. The topological polar surface area (TPSA) is 116 Å². The summed E-state index contributed by atoms with van der Waals surface area (Å²) in [5.74, 6) is -0.794. The number of nitrogens with one attached hydrogen (secondary N) is 1. The van der Waals surface area contributed by atoms with Gasteiger partial charge < -0.3 is 24.6 Å². The molecule has 0 amide bonds. The molecular formula is C28H34F2N6O4S. The fraction of sp³-hybridized carbons (Fsp3) is 0.643. The third-order valence-electron chi connectivity index (χ3n) is 8.57. The average molecular weight is 589 g/mol. The lowest BCUT2D eigenvalue weighted by Gasteiger charge is -2.26. The molecule has 220 valence electrons. The summed E-state index contributed by atoms with van der Waals surface area (Å²) in [5.41, 5.74) is 1.90. The number of hydrogen-bond acceptors (Lipinski definition) is 10. The standard InChI is InChI=1S/C28H34F2N6O4S/c1-2-11-41-27-32-25(31-19-13-16(19)15-5-6-17(29)18(30)12-15)22-26(33-27)36(35-34-22)20-14-21(38-10-9-37)24-23(20)39-28(40-24)7-3-4-8-28/h5-6,12,16,19-21,23-24,37H,2-4,7-11,13-14H2,1H3,(H,31,32,33)/t16-,19+,20+,21-,23-,24+/m0/s1. The van der Waals surface area contributed by atoms with Crippen LogP contribution < -0.4 is 5.32 Å². The van der Waals surface area contributed by atoms with E-state index in [0.29, 0.717) is 28.6 Å². The average Bonchev–Trinajstić information content (AvgIpc) is 3.32. The number of aliphatic hydroxyl groups is 1. The molecule has 0 unspecified atom stereocenters. The number of hydrogen-bond donors (Lipinski definition) is 2. The lowest BCUT2D eigenvalue weighted by atomic mass is 10.1. The zero-order chi connectivity index (χ0) is 28.1. The van der Waals surface area contributed by atoms with E-state index in [4.69, 9.17) is 24.2 Å². The molecule has 0 bridgehead atoms. The van der Waals surface area contributed by atoms with Crippen LogP contribution in [0.2, 0.25) is 0 Å². The molecule has 7 rings (SSSR count). The molecule has 6 atom stereocenters. The molecular weight excluding hydrogens is 554 g/mol. The first kappa shape index (κ1) is 27.4. The van der Waals surface area contributed by atoms with E-state index < -0.39 is 17.4 Å². The first-order valence-corrected chi connectivity index (χ1v) is 15.5. The third kappa shape index (κ3) is 5.09. The van der Waals surface area contributed by atoms with Crippen molar-refractivity contribution < 1.29 is 28.1 Å². The van der Waals surface area contributed by atoms with Gasteiger partial charge in [0.1, 0.15) is 12.2 Å². The third-order valence-corrected chi connectivity index (χ3v) is 9.62. The van der Waals surface area contributed by atoms with Gasteiger partial charge in [-0.05, 0) is 43.4 Å². The zero-order valence-electron chi connectivity index (χ0n) is 22.8. The van der Waals surface area contributed by atoms with Gasteiger partial charge in [0, 0.05) is 37.0 Å². The molecule has 3 saturated carbocycles. The quantitative estimate of drug-likeness (QED) is 0.262. The molecule has 3 aromatic rings. The summed E-state index contributed by atoms with van der Waals surface area (Å²) in [7, 11) is 0. The molecule has 13 heteroatoms. The molecule has 1 aromatic carbocycles. The fourth-order valence-electron chi connectivity index (χ4n) is 6.54. The Bertz CT molecular complexity index is 1420. The lowest BCUT2D eigenvalue weighted by Crippen LogP contribution is -2.32. The summed E-state index contributed by atoms with van der Waals surface area (Å²) < 4.78 is 48.3. The molecule has 1 spiro atoms. The second-order valence-corrected chi connectivity index (χ2v) is 12.5. The van der Waals surface area contributed by atoms with Crippen molar-refractivity contribution in [3.05, 3.63) is 35.4 Å². The second kappa shape index (κ2) is 11.0. The van der Waals surface area contributed by atoms with Crippen LogP contribution in [0.1, 0.15) is 69.4 Å². The summed E-state index contributed by atoms with van der Waals surface area (Å²) in [6.07, 6.45) is 5.38. The molecule has 3 aliphatic carbocycles. The van der Waals surface area contributed by atoms with Crippen LogP contribution in [-0.2, 0) is 14.2 Å². The van der Waals surface area contributed by atoms with Gasteiger partial charge >= 0.3 is 0 Å². The monoisotopic (exact) mass is 588 g/mol. The highest BCUT2D eigenvalue weighted by Crippen LogP contribution is 2.51. The Balaban J connectivity index is 1.20. The van der Waals surface area contributed by atoms with Gasteiger partial charge in [-0.1, -0.05) is 30.0 Å². The van der Waals surface area contributed by atoms with E-state index in [1.165, 1.54) is 12.1 Å². The highest BCUT2D eigenvalue weighted by Gasteiger charge is 2.59. The second-order valence-electron chi connectivity index (χ2n) is 11.4. The van der Waals surface area contributed by atoms with E-state index >= 15 is 0 Å². The van der Waals surface area contributed by atoms with Crippen molar-refractivity contribution >= 4 is 28.7 Å². The van der Waals surface area contributed by atoms with Crippen LogP contribution in [0.3, 0.4) is 0 Å². The molecule has 4 fully saturated rings. The van der Waals surface area contributed by atoms with Crippen LogP contribution in [0.4, 0.5) is 14.6 Å². The predicted octanol–water partition coefficient (Wildman–Crippen LogP) is 4.35. The van der Waals surface area contributed by atoms with Gasteiger partial charge in [0.05, 0.1) is 25.4 Å². The molecule has 10 nitrogen and oxygen atoms in total. The van der Waals surface area contributed by atoms with Crippen molar-refractivity contribution in [2.45, 2.75) is 99.1 Å². The Labute approximate surface area is 240 Å². The Hall–Kier alpha value is -2.45. The zero-order valence-corrected chi connectivity index (χ0v) is 23.7. The van der Waals surface area contributed by atoms with Crippen LogP contribution in [-0.4, -0.2) is 79.2 Å². The molecule has 0 radical (unpaired) electrons. The number of ether oxygens (including phenoxy) is 3. The number of benzene rings is 1. The number of thioether (sulfide) groups is 1. The number of aliphatic hydroxyl groups excluding tert-OH is 1. The maximum atomic E-state index is 13.9. The highest BCUT2D eigenvalue weighted by atomic mass is 32.2. The normalized spacial score (nSPS) is 30.0. The van der Waals surface area contributed by atoms with Crippen molar-refractivity contribution in [3.63, 3.8) is 0 Å². The molecule has 4 aliphatic rings. The molecule has 1 aliphatic heterocycles. The van der Waals surface area contributed by atoms with Gasteiger partial charge in [-0.15, -0.1) is 5.10 Å². The first-order chi connectivity index (χ1) is 20.0. The number of rotatable bonds is 10. The summed E-state index contributed by atoms with van der Waals surface area (Å²) in [6.45, 7) is 2.27. The van der Waals surface area contributed by atoms with Crippen LogP contribution in [0.15, 0.2) is 23.4 Å². The first-order valence-electron chi connectivity index (χ1n) is 14.5. The van der Waals surface area contributed by atoms with Crippen LogP contribution in [0.25, 0.3) is 11.2 Å². The van der Waals surface area contributed by atoms with Crippen LogP contribution in [0, 0.1) is 11.6 Å². The minimum absolute atomic E-state index is 0.00745. The summed E-state index contributed by atoms with van der Waals surface area (Å²) >= 11 is 1.57. The number of halogens is 2. The molecule has 2 aromatic heterocycles. The Morgan fingerprint density at radius 2 is 1.98 bits per heavy atom. The lowest BCUT2D eigenvalue weighted by molar-refractivity contribution is -0.190. The highest BCUT2D eigenvalue weighted by molar-refractivity contribution is 7.99. The number of anilines is 1. The van der Waals surface area contributed by atoms with Crippen molar-refractivity contribution in [3.8, 4) is 0 Å². The number of nitrogens with zero attached hydrogens (tertiary/aromatic N) is 5. The van der Waals surface area contributed by atoms with E-state index in [1.807, 2.05) is 4.68 Å². The summed E-state index contributed by atoms with van der Waals surface area (Å²) in [4.78, 5) is 9.66. The molecule has 3 heterocycles. The van der Waals surface area contributed by atoms with E-state index in [9.17, 15) is 13.9 Å². The van der Waals surface area contributed by atoms with Crippen molar-refractivity contribution in [1.29, 1.82) is 0 Å². The Morgan fingerprint density at radius 3 is 2.76 bits per heavy atom. The van der Waals surface area contributed by atoms with Gasteiger partial charge in [0.15, 0.2) is 39.6 Å². The minimum atomic E-state index is -0.848. The van der Waals surface area contributed by atoms with Gasteiger partial charge in [0.2, 0.25) is 0 Å². The van der Waals surface area contributed by atoms with Gasteiger partial charge in [0.25, 0.3) is 0 Å². The van der Waals surface area contributed by atoms with Gasteiger partial charge in [-0.3, -0.25) is 0 Å². The minimum Gasteiger partial charge on any atom is -0.394 e. The van der Waals surface area contributed by atoms with Crippen molar-refractivity contribution in [2.75, 3.05) is 24.3 Å². The maximum absolute atomic E-state index is 13.9. The molecule has 2 N–H and O–H groups in total. The maximum Gasteiger partial charge on any atom is 0.191 e. The van der Waals surface area contributed by atoms with Gasteiger partial charge in [-0.2, -0.15) is 0 Å². The largest absolute Gasteiger partial charge is 0.394 e. The van der Waals surface area contributed by atoms with E-state index in [2.05, 4.69) is 22.6 Å². The van der Waals surface area contributed by atoms with Crippen molar-refractivity contribution in [2.24, 2.45) is 0 Å². The predicted molar refractivity (Wildman–Crippen MR) is 147 cm³/mol. The SMILES string of the molecule is CCCSc1nc(N[C@@H]2C[C@H]2c2ccc(F)c(F)c2)c2nnn([C@@H]3C[C@H](OCCO)[C@H]4OC5(CCCC5)O[C@H]43)c2n1. The Morgan fingerprint density at radius 1 is 1.15 bits per heavy atom. The molecule has 1 saturated heterocycles. The summed E-state index contributed by atoms with van der Waals surface area (Å²) in [6, 6.07) is 3.86. The van der Waals surface area contributed by atoms with Crippen molar-refractivity contribution in [1.82, 2.24) is 25.0 Å². The van der Waals surface area contributed by atoms with Crippen LogP contribution in [0.5, 0.6) is 0 Å². The van der Waals surface area contributed by atoms with Gasteiger partial charge in [-0.25, -0.2) is 23.4 Å². The number of aromatic nitrogens is 5. The number of fused-ring (bicyclic) bond motifs is 2. The van der Waals surface area contributed by atoms with E-state index in [0.717, 1.165) is 49.8 Å². The smallest absolute Gasteiger partial charge is 0.191 e.